The third kappa shape index (κ3) is 2.84. The molecule has 1 N–H and O–H groups in total. The Hall–Kier alpha value is -2.89. The normalized spacial score (nSPS) is 25.7. The van der Waals surface area contributed by atoms with Crippen molar-refractivity contribution in [1.82, 2.24) is 4.90 Å². The van der Waals surface area contributed by atoms with E-state index in [1.54, 1.807) is 11.0 Å². The average molecular weight is 383 g/mol. The van der Waals surface area contributed by atoms with Crippen LogP contribution in [0.1, 0.15) is 35.2 Å². The van der Waals surface area contributed by atoms with Gasteiger partial charge in [0.15, 0.2) is 0 Å². The van der Waals surface area contributed by atoms with Crippen LogP contribution >= 0.6 is 0 Å². The minimum absolute atomic E-state index is 0.0430. The van der Waals surface area contributed by atoms with Gasteiger partial charge in [-0.3, -0.25) is 9.59 Å². The third-order valence-electron chi connectivity index (χ3n) is 6.17. The zero-order chi connectivity index (χ0) is 19.9. The predicted octanol–water partition coefficient (Wildman–Crippen LogP) is 3.52. The summed E-state index contributed by atoms with van der Waals surface area (Å²) in [4.78, 5) is 27.1. The van der Waals surface area contributed by atoms with Crippen molar-refractivity contribution in [3.63, 3.8) is 0 Å². The predicted molar refractivity (Wildman–Crippen MR) is 101 cm³/mol. The molecule has 2 aliphatic heterocycles. The lowest BCUT2D eigenvalue weighted by molar-refractivity contribution is -0.150. The molecule has 0 aromatic heterocycles. The first-order valence-electron chi connectivity index (χ1n) is 9.40. The zero-order valence-corrected chi connectivity index (χ0v) is 15.6. The molecule has 0 aliphatic carbocycles. The minimum atomic E-state index is -1.04. The lowest BCUT2D eigenvalue weighted by atomic mass is 9.70. The van der Waals surface area contributed by atoms with Crippen molar-refractivity contribution < 1.29 is 23.8 Å². The lowest BCUT2D eigenvalue weighted by Gasteiger charge is -2.33. The Morgan fingerprint density at radius 1 is 1.21 bits per heavy atom. The summed E-state index contributed by atoms with van der Waals surface area (Å²) < 4.78 is 19.5. The number of methoxy groups -OCH3 is 1. The number of benzene rings is 2. The van der Waals surface area contributed by atoms with Gasteiger partial charge >= 0.3 is 5.97 Å². The first-order chi connectivity index (χ1) is 13.5. The Bertz CT molecular complexity index is 916. The molecule has 4 rings (SSSR count). The summed E-state index contributed by atoms with van der Waals surface area (Å²) in [7, 11) is 1.43. The molecule has 0 spiro atoms. The van der Waals surface area contributed by atoms with Crippen molar-refractivity contribution in [2.24, 2.45) is 5.41 Å². The number of nitrogens with zero attached hydrogens (tertiary/aromatic N) is 1. The number of aliphatic carboxylic acids is 1. The number of rotatable bonds is 5. The molecule has 2 fully saturated rings. The van der Waals surface area contributed by atoms with Crippen molar-refractivity contribution in [1.29, 1.82) is 0 Å². The van der Waals surface area contributed by atoms with E-state index in [-0.39, 0.29) is 11.6 Å². The van der Waals surface area contributed by atoms with E-state index in [1.165, 1.54) is 19.2 Å². The topological polar surface area (TPSA) is 66.8 Å². The molecule has 2 aromatic rings. The minimum Gasteiger partial charge on any atom is -0.497 e. The van der Waals surface area contributed by atoms with Gasteiger partial charge in [-0.1, -0.05) is 30.3 Å². The first kappa shape index (κ1) is 18.5. The largest absolute Gasteiger partial charge is 0.497 e. The van der Waals surface area contributed by atoms with Crippen LogP contribution in [-0.2, 0) is 11.2 Å². The molecule has 2 heterocycles. The monoisotopic (exact) mass is 383 g/mol. The van der Waals surface area contributed by atoms with Gasteiger partial charge in [-0.15, -0.1) is 0 Å². The maximum absolute atomic E-state index is 14.5. The number of amides is 1. The van der Waals surface area contributed by atoms with Gasteiger partial charge in [0.25, 0.3) is 5.91 Å². The molecule has 2 saturated heterocycles. The number of fused-ring (bicyclic) bond motifs is 2. The first-order valence-corrected chi connectivity index (χ1v) is 9.40. The Balaban J connectivity index is 1.67. The van der Waals surface area contributed by atoms with E-state index < -0.39 is 29.2 Å². The highest BCUT2D eigenvalue weighted by Gasteiger charge is 2.61. The fraction of sp³-hybridized carbons (Fsp3) is 0.364. The number of carboxylic acids is 1. The summed E-state index contributed by atoms with van der Waals surface area (Å²) in [6, 6.07) is 13.0. The number of carboxylic acid groups (broad SMARTS) is 1. The number of ether oxygens (including phenoxy) is 1. The number of halogens is 1. The number of hydrogen-bond acceptors (Lipinski definition) is 3. The molecule has 1 amide bonds. The van der Waals surface area contributed by atoms with Crippen LogP contribution in [0.5, 0.6) is 5.75 Å². The maximum Gasteiger partial charge on any atom is 0.312 e. The summed E-state index contributed by atoms with van der Waals surface area (Å²) in [5.41, 5.74) is -0.151. The van der Waals surface area contributed by atoms with Crippen LogP contribution in [0.15, 0.2) is 48.5 Å². The third-order valence-corrected chi connectivity index (χ3v) is 6.17. The van der Waals surface area contributed by atoms with Crippen LogP contribution in [0.25, 0.3) is 0 Å². The molecule has 0 radical (unpaired) electrons. The second kappa shape index (κ2) is 6.93. The number of carbonyl (C=O) groups is 2. The number of carbonyl (C=O) groups excluding carboxylic acids is 1. The number of hydrogen-bond donors (Lipinski definition) is 1. The highest BCUT2D eigenvalue weighted by atomic mass is 19.1. The van der Waals surface area contributed by atoms with Crippen molar-refractivity contribution in [3.05, 3.63) is 65.5 Å². The van der Waals surface area contributed by atoms with Gasteiger partial charge in [0.05, 0.1) is 18.1 Å². The summed E-state index contributed by atoms with van der Waals surface area (Å²) in [5, 5.41) is 10.1. The highest BCUT2D eigenvalue weighted by molar-refractivity contribution is 5.96. The second-order valence-corrected chi connectivity index (χ2v) is 7.63. The zero-order valence-electron chi connectivity index (χ0n) is 15.6. The summed E-state index contributed by atoms with van der Waals surface area (Å²) >= 11 is 0. The van der Waals surface area contributed by atoms with E-state index in [1.807, 2.05) is 30.3 Å². The van der Waals surface area contributed by atoms with E-state index in [4.69, 9.17) is 4.74 Å². The molecule has 0 unspecified atom stereocenters. The van der Waals surface area contributed by atoms with E-state index in [0.29, 0.717) is 25.0 Å². The standard InChI is InChI=1S/C22H22FNO4/c1-28-16-8-9-17(18(23)11-16)20(25)24-15-7-10-19(24)22(13-15,21(26)27)12-14-5-3-2-4-6-14/h2-6,8-9,11,15,19H,7,10,12-13H2,1H3,(H,26,27)/t15-,19+,22+/m0/s1. The fourth-order valence-electron chi connectivity index (χ4n) is 4.88. The lowest BCUT2D eigenvalue weighted by Crippen LogP contribution is -2.46. The Morgan fingerprint density at radius 3 is 2.61 bits per heavy atom. The molecule has 5 nitrogen and oxygen atoms in total. The van der Waals surface area contributed by atoms with Crippen LogP contribution < -0.4 is 4.74 Å². The summed E-state index contributed by atoms with van der Waals surface area (Å²) in [5.74, 6) is -1.65. The fourth-order valence-corrected chi connectivity index (χ4v) is 4.88. The smallest absolute Gasteiger partial charge is 0.312 e. The Labute approximate surface area is 162 Å². The van der Waals surface area contributed by atoms with Gasteiger partial charge in [0.1, 0.15) is 11.6 Å². The molecule has 6 heteroatoms. The molecule has 2 aromatic carbocycles. The van der Waals surface area contributed by atoms with Gasteiger partial charge < -0.3 is 14.7 Å². The van der Waals surface area contributed by atoms with Gasteiger partial charge in [0.2, 0.25) is 0 Å². The van der Waals surface area contributed by atoms with E-state index in [0.717, 1.165) is 12.0 Å². The van der Waals surface area contributed by atoms with Crippen molar-refractivity contribution >= 4 is 11.9 Å². The average Bonchev–Trinajstić information content (AvgIpc) is 3.24. The molecule has 28 heavy (non-hydrogen) atoms. The molecule has 0 saturated carbocycles. The van der Waals surface area contributed by atoms with Crippen LogP contribution in [0.4, 0.5) is 4.39 Å². The maximum atomic E-state index is 14.5. The van der Waals surface area contributed by atoms with Crippen molar-refractivity contribution in [2.75, 3.05) is 7.11 Å². The molecule has 146 valence electrons. The van der Waals surface area contributed by atoms with E-state index in [9.17, 15) is 19.1 Å². The van der Waals surface area contributed by atoms with Crippen molar-refractivity contribution in [2.45, 2.75) is 37.8 Å². The van der Waals surface area contributed by atoms with Crippen molar-refractivity contribution in [3.8, 4) is 5.75 Å². The molecular weight excluding hydrogens is 361 g/mol. The van der Waals surface area contributed by atoms with Gasteiger partial charge in [-0.2, -0.15) is 0 Å². The van der Waals surface area contributed by atoms with E-state index >= 15 is 0 Å². The van der Waals surface area contributed by atoms with Crippen LogP contribution in [0.3, 0.4) is 0 Å². The Kier molecular flexibility index (Phi) is 4.57. The van der Waals surface area contributed by atoms with Gasteiger partial charge in [-0.05, 0) is 43.4 Å². The Morgan fingerprint density at radius 2 is 1.96 bits per heavy atom. The molecule has 2 bridgehead atoms. The summed E-state index contributed by atoms with van der Waals surface area (Å²) in [6.07, 6.45) is 2.12. The van der Waals surface area contributed by atoms with Crippen LogP contribution in [-0.4, -0.2) is 41.1 Å². The molecular formula is C22H22FNO4. The van der Waals surface area contributed by atoms with Crippen LogP contribution in [0.2, 0.25) is 0 Å². The summed E-state index contributed by atoms with van der Waals surface area (Å²) in [6.45, 7) is 0. The quantitative estimate of drug-likeness (QED) is 0.858. The van der Waals surface area contributed by atoms with E-state index in [2.05, 4.69) is 0 Å². The van der Waals surface area contributed by atoms with Gasteiger partial charge in [0, 0.05) is 18.2 Å². The van der Waals surface area contributed by atoms with Crippen LogP contribution in [0, 0.1) is 11.2 Å². The van der Waals surface area contributed by atoms with Gasteiger partial charge in [-0.25, -0.2) is 4.39 Å². The molecule has 3 atom stereocenters. The second-order valence-electron chi connectivity index (χ2n) is 7.63. The highest BCUT2D eigenvalue weighted by Crippen LogP contribution is 2.52. The SMILES string of the molecule is COc1ccc(C(=O)N2[C@H]3CC[C@@H]2[C@](Cc2ccccc2)(C(=O)O)C3)c(F)c1. The molecule has 2 aliphatic rings.